The van der Waals surface area contributed by atoms with Crippen LogP contribution in [0.15, 0.2) is 72.8 Å². The third-order valence-electron chi connectivity index (χ3n) is 5.78. The minimum absolute atomic E-state index is 0. The first-order valence-electron chi connectivity index (χ1n) is 11.0. The van der Waals surface area contributed by atoms with E-state index in [-0.39, 0.29) is 18.6 Å². The molecule has 0 saturated heterocycles. The molecule has 0 aromatic heterocycles. The Kier molecular flexibility index (Phi) is 12.3. The summed E-state index contributed by atoms with van der Waals surface area (Å²) in [6.45, 7) is 10.4. The number of nitrogens with zero attached hydrogens (tertiary/aromatic N) is 1. The maximum atomic E-state index is 13.3. The van der Waals surface area contributed by atoms with Gasteiger partial charge in [-0.15, -0.1) is 12.1 Å². The summed E-state index contributed by atoms with van der Waals surface area (Å²) in [6, 6.07) is 21.0. The molecule has 35 heavy (non-hydrogen) atoms. The fourth-order valence-corrected chi connectivity index (χ4v) is 5.34. The van der Waals surface area contributed by atoms with Crippen molar-refractivity contribution in [2.24, 2.45) is 0 Å². The number of hydrogen-bond acceptors (Lipinski definition) is 2. The molecule has 0 aliphatic rings. The van der Waals surface area contributed by atoms with Gasteiger partial charge in [-0.25, -0.2) is 8.42 Å². The molecular weight excluding hydrogens is 565 g/mol. The molecule has 0 saturated carbocycles. The molecule has 3 aromatic carbocycles. The zero-order chi connectivity index (χ0) is 25.5. The standard InChI is InChI=1S/C27H32N2O2S.CH3.ClH.Ru/c1-19-16-23(27(3,4)5)17-20(2)24(19)18-32(30,31)29-26(22-14-10-7-11-15-22)25(28)21-12-8-6-9-13-21;;;/h6-17,25-26,28H,18H2,1-5H3;1H3;1H;/q-2;-1;;+4/p-1. The first kappa shape index (κ1) is 31.5. The second-order valence-electron chi connectivity index (χ2n) is 9.41. The van der Waals surface area contributed by atoms with E-state index in [1.807, 2.05) is 91.8 Å². The topological polar surface area (TPSA) is 72.0 Å². The van der Waals surface area contributed by atoms with Crippen molar-refractivity contribution in [2.45, 2.75) is 57.9 Å². The molecule has 7 heteroatoms. The Morgan fingerprint density at radius 2 is 1.31 bits per heavy atom. The Hall–Kier alpha value is -1.56. The quantitative estimate of drug-likeness (QED) is 0.202. The zero-order valence-corrected chi connectivity index (χ0v) is 24.5. The van der Waals surface area contributed by atoms with Crippen molar-refractivity contribution in [1.29, 1.82) is 0 Å². The number of benzene rings is 3. The molecule has 0 spiro atoms. The predicted octanol–water partition coefficient (Wildman–Crippen LogP) is 8.48. The first-order valence-corrected chi connectivity index (χ1v) is 14.8. The number of halogens is 1. The van der Waals surface area contributed by atoms with E-state index in [9.17, 15) is 8.42 Å². The van der Waals surface area contributed by atoms with Gasteiger partial charge in [0.2, 0.25) is 0 Å². The Bertz CT molecular complexity index is 1140. The van der Waals surface area contributed by atoms with E-state index < -0.39 is 22.1 Å². The van der Waals surface area contributed by atoms with Crippen LogP contribution in [0.2, 0.25) is 0 Å². The Balaban J connectivity index is 0.00000199. The normalized spacial score (nSPS) is 13.1. The van der Waals surface area contributed by atoms with E-state index >= 15 is 0 Å². The molecule has 0 radical (unpaired) electrons. The molecule has 190 valence electrons. The molecule has 0 aliphatic carbocycles. The van der Waals surface area contributed by atoms with Crippen LogP contribution in [0, 0.1) is 21.3 Å². The molecule has 0 fully saturated rings. The average Bonchev–Trinajstić information content (AvgIpc) is 2.81. The van der Waals surface area contributed by atoms with Gasteiger partial charge >= 0.3 is 27.0 Å². The first-order chi connectivity index (χ1) is 16.0. The molecule has 0 aliphatic heterocycles. The molecule has 0 bridgehead atoms. The molecule has 0 amide bonds. The van der Waals surface area contributed by atoms with Crippen LogP contribution < -0.4 is 0 Å². The van der Waals surface area contributed by atoms with E-state index in [4.69, 9.17) is 5.73 Å². The van der Waals surface area contributed by atoms with E-state index in [1.54, 1.807) is 0 Å². The summed E-state index contributed by atoms with van der Waals surface area (Å²) in [4.78, 5) is 0. The SMILES string of the molecule is Cc1cc(C(C)(C)C)cc(C)c1CS(=O)(=O)[N-]C(c1ccccc1)C([NH-])c1ccccc1.[CH3-].[Cl][Ru+3]. The van der Waals surface area contributed by atoms with Gasteiger partial charge in [0, 0.05) is 0 Å². The fraction of sp³-hybridized carbons (Fsp3) is 0.321. The molecular formula is C28H35ClN2O2RuS. The maximum absolute atomic E-state index is 13.3. The summed E-state index contributed by atoms with van der Waals surface area (Å²) in [5, 5.41) is 0. The van der Waals surface area contributed by atoms with Crippen molar-refractivity contribution in [3.05, 3.63) is 124 Å². The molecule has 4 nitrogen and oxygen atoms in total. The second kappa shape index (κ2) is 13.7. The summed E-state index contributed by atoms with van der Waals surface area (Å²) in [6.07, 6.45) is 0. The summed E-state index contributed by atoms with van der Waals surface area (Å²) in [5.74, 6) is -0.167. The predicted molar refractivity (Wildman–Crippen MR) is 146 cm³/mol. The molecule has 1 N–H and O–H groups in total. The molecule has 0 heterocycles. The van der Waals surface area contributed by atoms with E-state index in [2.05, 4.69) is 47.3 Å². The molecule has 3 aromatic rings. The van der Waals surface area contributed by atoms with Gasteiger partial charge in [0.1, 0.15) is 0 Å². The third kappa shape index (κ3) is 8.80. The van der Waals surface area contributed by atoms with Gasteiger partial charge in [-0.1, -0.05) is 105 Å². The van der Waals surface area contributed by atoms with E-state index in [0.29, 0.717) is 0 Å². The monoisotopic (exact) mass is 600 g/mol. The van der Waals surface area contributed by atoms with Gasteiger partial charge in [-0.3, -0.25) is 0 Å². The summed E-state index contributed by atoms with van der Waals surface area (Å²) < 4.78 is 30.8. The van der Waals surface area contributed by atoms with Crippen molar-refractivity contribution in [1.82, 2.24) is 0 Å². The van der Waals surface area contributed by atoms with Crippen LogP contribution in [0.1, 0.15) is 66.2 Å². The minimum atomic E-state index is -3.82. The molecule has 3 rings (SSSR count). The number of aryl methyl sites for hydroxylation is 2. The third-order valence-corrected chi connectivity index (χ3v) is 6.98. The van der Waals surface area contributed by atoms with Gasteiger partial charge in [0.25, 0.3) is 0 Å². The van der Waals surface area contributed by atoms with Crippen molar-refractivity contribution in [2.75, 3.05) is 0 Å². The van der Waals surface area contributed by atoms with Crippen LogP contribution in [0.3, 0.4) is 0 Å². The number of hydrogen-bond donors (Lipinski definition) is 0. The second-order valence-corrected chi connectivity index (χ2v) is 11.1. The van der Waals surface area contributed by atoms with Gasteiger partial charge < -0.3 is 17.9 Å². The van der Waals surface area contributed by atoms with Crippen LogP contribution >= 0.6 is 9.69 Å². The Morgan fingerprint density at radius 1 is 0.886 bits per heavy atom. The zero-order valence-electron chi connectivity index (χ0n) is 21.2. The molecule has 2 unspecified atom stereocenters. The Morgan fingerprint density at radius 3 is 1.74 bits per heavy atom. The average molecular weight is 600 g/mol. The number of nitrogens with one attached hydrogen (secondary N) is 1. The van der Waals surface area contributed by atoms with Crippen LogP contribution in [-0.2, 0) is 38.5 Å². The summed E-state index contributed by atoms with van der Waals surface area (Å²) >= 11 is 1.82. The van der Waals surface area contributed by atoms with E-state index in [0.717, 1.165) is 27.8 Å². The van der Waals surface area contributed by atoms with Gasteiger partial charge in [0.05, 0.1) is 15.8 Å². The van der Waals surface area contributed by atoms with Crippen molar-refractivity contribution >= 4 is 19.7 Å². The summed E-state index contributed by atoms with van der Waals surface area (Å²) in [5.41, 5.74) is 14.1. The summed E-state index contributed by atoms with van der Waals surface area (Å²) in [7, 11) is 0.746. The van der Waals surface area contributed by atoms with Crippen LogP contribution in [0.4, 0.5) is 0 Å². The van der Waals surface area contributed by atoms with Crippen LogP contribution in [0.5, 0.6) is 0 Å². The van der Waals surface area contributed by atoms with Crippen molar-refractivity contribution < 1.29 is 25.7 Å². The van der Waals surface area contributed by atoms with Crippen molar-refractivity contribution in [3.8, 4) is 0 Å². The Labute approximate surface area is 226 Å². The fourth-order valence-electron chi connectivity index (χ4n) is 3.85. The van der Waals surface area contributed by atoms with Crippen molar-refractivity contribution in [3.63, 3.8) is 0 Å². The number of sulfonamides is 1. The van der Waals surface area contributed by atoms with Gasteiger partial charge in [-0.2, -0.15) is 0 Å². The van der Waals surface area contributed by atoms with Gasteiger partial charge in [-0.05, 0) is 41.5 Å². The van der Waals surface area contributed by atoms with Gasteiger partial charge in [0.15, 0.2) is 0 Å². The van der Waals surface area contributed by atoms with Crippen LogP contribution in [0.25, 0.3) is 10.5 Å². The van der Waals surface area contributed by atoms with Crippen LogP contribution in [-0.4, -0.2) is 8.42 Å². The number of rotatable bonds is 7. The van der Waals surface area contributed by atoms with E-state index in [1.165, 1.54) is 5.56 Å². The molecule has 2 atom stereocenters.